The first-order valence-electron chi connectivity index (χ1n) is 5.21. The molecule has 4 heteroatoms. The Morgan fingerprint density at radius 3 is 2.80 bits per heavy atom. The number of aliphatic hydroxyl groups excluding tert-OH is 1. The van der Waals surface area contributed by atoms with Gasteiger partial charge in [-0.15, -0.1) is 0 Å². The molecule has 15 heavy (non-hydrogen) atoms. The summed E-state index contributed by atoms with van der Waals surface area (Å²) < 4.78 is 0. The van der Waals surface area contributed by atoms with Gasteiger partial charge in [-0.1, -0.05) is 13.8 Å². The van der Waals surface area contributed by atoms with E-state index in [2.05, 4.69) is 24.1 Å². The second-order valence-electron chi connectivity index (χ2n) is 4.09. The molecule has 0 bridgehead atoms. The van der Waals surface area contributed by atoms with Crippen molar-refractivity contribution in [3.63, 3.8) is 0 Å². The zero-order chi connectivity index (χ0) is 11.3. The van der Waals surface area contributed by atoms with Crippen molar-refractivity contribution < 1.29 is 5.11 Å². The van der Waals surface area contributed by atoms with Gasteiger partial charge in [0, 0.05) is 6.20 Å². The highest BCUT2D eigenvalue weighted by Crippen LogP contribution is 2.16. The van der Waals surface area contributed by atoms with E-state index in [0.29, 0.717) is 17.4 Å². The van der Waals surface area contributed by atoms with Crippen LogP contribution in [0.5, 0.6) is 0 Å². The molecule has 1 aromatic heterocycles. The number of rotatable bonds is 5. The van der Waals surface area contributed by atoms with E-state index in [1.165, 1.54) is 0 Å². The van der Waals surface area contributed by atoms with E-state index < -0.39 is 0 Å². The minimum atomic E-state index is 0.0159. The van der Waals surface area contributed by atoms with Gasteiger partial charge >= 0.3 is 0 Å². The van der Waals surface area contributed by atoms with Gasteiger partial charge in [0.05, 0.1) is 18.3 Å². The number of hydrogen-bond acceptors (Lipinski definition) is 4. The molecule has 0 spiro atoms. The molecule has 0 radical (unpaired) electrons. The molecular formula is C11H19N3O. The third-order valence-corrected chi connectivity index (χ3v) is 2.16. The Hall–Kier alpha value is -1.29. The van der Waals surface area contributed by atoms with Crippen LogP contribution in [-0.4, -0.2) is 22.7 Å². The number of pyridine rings is 1. The Balaban J connectivity index is 2.62. The lowest BCUT2D eigenvalue weighted by molar-refractivity contribution is 0.259. The van der Waals surface area contributed by atoms with Crippen molar-refractivity contribution in [1.29, 1.82) is 0 Å². The van der Waals surface area contributed by atoms with E-state index in [9.17, 15) is 5.11 Å². The normalized spacial score (nSPS) is 12.8. The van der Waals surface area contributed by atoms with Crippen molar-refractivity contribution >= 4 is 11.5 Å². The van der Waals surface area contributed by atoms with Crippen LogP contribution in [0.25, 0.3) is 0 Å². The van der Waals surface area contributed by atoms with Gasteiger partial charge in [0.1, 0.15) is 5.82 Å². The number of aromatic nitrogens is 1. The van der Waals surface area contributed by atoms with Crippen LogP contribution in [0.3, 0.4) is 0 Å². The second-order valence-corrected chi connectivity index (χ2v) is 4.09. The first-order valence-corrected chi connectivity index (χ1v) is 5.21. The second kappa shape index (κ2) is 5.56. The van der Waals surface area contributed by atoms with Crippen molar-refractivity contribution in [2.24, 2.45) is 5.92 Å². The summed E-state index contributed by atoms with van der Waals surface area (Å²) in [7, 11) is 0. The molecule has 1 atom stereocenters. The Morgan fingerprint density at radius 1 is 1.53 bits per heavy atom. The number of nitrogen functional groups attached to an aromatic ring is 1. The minimum absolute atomic E-state index is 0.0159. The molecule has 0 aromatic carbocycles. The third kappa shape index (κ3) is 3.75. The molecule has 0 saturated heterocycles. The van der Waals surface area contributed by atoms with Crippen LogP contribution in [0.1, 0.15) is 20.3 Å². The Labute approximate surface area is 90.5 Å². The number of nitrogens with one attached hydrogen (secondary N) is 1. The smallest absolute Gasteiger partial charge is 0.149 e. The SMILES string of the molecule is CC(C)CC(CO)Nc1ncccc1N. The first kappa shape index (κ1) is 11.8. The number of hydrogen-bond donors (Lipinski definition) is 3. The number of aliphatic hydroxyl groups is 1. The van der Waals surface area contributed by atoms with Gasteiger partial charge in [-0.25, -0.2) is 4.98 Å². The number of nitrogens with two attached hydrogens (primary N) is 1. The van der Waals surface area contributed by atoms with E-state index >= 15 is 0 Å². The summed E-state index contributed by atoms with van der Waals surface area (Å²) in [4.78, 5) is 4.13. The Bertz CT molecular complexity index is 302. The summed E-state index contributed by atoms with van der Waals surface area (Å²) in [6.45, 7) is 4.33. The topological polar surface area (TPSA) is 71.2 Å². The molecule has 84 valence electrons. The van der Waals surface area contributed by atoms with Crippen molar-refractivity contribution in [3.05, 3.63) is 18.3 Å². The average molecular weight is 209 g/mol. The van der Waals surface area contributed by atoms with Gasteiger partial charge in [0.15, 0.2) is 0 Å². The standard InChI is InChI=1S/C11H19N3O/c1-8(2)6-9(7-15)14-11-10(12)4-3-5-13-11/h3-5,8-9,15H,6-7,12H2,1-2H3,(H,13,14). The molecular weight excluding hydrogens is 190 g/mol. The summed E-state index contributed by atoms with van der Waals surface area (Å²) in [5.74, 6) is 1.18. The molecule has 0 aliphatic rings. The third-order valence-electron chi connectivity index (χ3n) is 2.16. The van der Waals surface area contributed by atoms with Gasteiger partial charge in [-0.05, 0) is 24.5 Å². The summed E-state index contributed by atoms with van der Waals surface area (Å²) in [6, 6.07) is 3.60. The van der Waals surface area contributed by atoms with Crippen LogP contribution in [0, 0.1) is 5.92 Å². The van der Waals surface area contributed by atoms with Crippen LogP contribution in [-0.2, 0) is 0 Å². The largest absolute Gasteiger partial charge is 0.396 e. The van der Waals surface area contributed by atoms with Crippen molar-refractivity contribution in [3.8, 4) is 0 Å². The van der Waals surface area contributed by atoms with E-state index in [-0.39, 0.29) is 12.6 Å². The summed E-state index contributed by atoms with van der Waals surface area (Å²) >= 11 is 0. The monoisotopic (exact) mass is 209 g/mol. The predicted molar refractivity (Wildman–Crippen MR) is 62.6 cm³/mol. The van der Waals surface area contributed by atoms with E-state index in [4.69, 9.17) is 5.73 Å². The molecule has 0 aliphatic carbocycles. The van der Waals surface area contributed by atoms with Gasteiger partial charge in [0.25, 0.3) is 0 Å². The zero-order valence-corrected chi connectivity index (χ0v) is 9.27. The average Bonchev–Trinajstić information content (AvgIpc) is 2.19. The molecule has 1 heterocycles. The van der Waals surface area contributed by atoms with Crippen molar-refractivity contribution in [1.82, 2.24) is 4.98 Å². The number of nitrogens with zero attached hydrogens (tertiary/aromatic N) is 1. The van der Waals surface area contributed by atoms with Crippen LogP contribution in [0.2, 0.25) is 0 Å². The number of anilines is 2. The lowest BCUT2D eigenvalue weighted by Gasteiger charge is -2.19. The maximum absolute atomic E-state index is 9.20. The fourth-order valence-corrected chi connectivity index (χ4v) is 1.48. The van der Waals surface area contributed by atoms with Crippen LogP contribution < -0.4 is 11.1 Å². The van der Waals surface area contributed by atoms with Crippen molar-refractivity contribution in [2.75, 3.05) is 17.7 Å². The van der Waals surface area contributed by atoms with Crippen molar-refractivity contribution in [2.45, 2.75) is 26.3 Å². The molecule has 1 rings (SSSR count). The van der Waals surface area contributed by atoms with Crippen LogP contribution in [0.15, 0.2) is 18.3 Å². The first-order chi connectivity index (χ1) is 7.13. The van der Waals surface area contributed by atoms with Gasteiger partial charge in [-0.3, -0.25) is 0 Å². The minimum Gasteiger partial charge on any atom is -0.396 e. The van der Waals surface area contributed by atoms with Gasteiger partial charge in [0.2, 0.25) is 0 Å². The van der Waals surface area contributed by atoms with Gasteiger partial charge < -0.3 is 16.2 Å². The molecule has 0 amide bonds. The quantitative estimate of drug-likeness (QED) is 0.687. The summed E-state index contributed by atoms with van der Waals surface area (Å²) in [5.41, 5.74) is 6.36. The highest BCUT2D eigenvalue weighted by atomic mass is 16.3. The summed E-state index contributed by atoms with van der Waals surface area (Å²) in [5, 5.41) is 12.3. The highest BCUT2D eigenvalue weighted by Gasteiger charge is 2.11. The van der Waals surface area contributed by atoms with E-state index in [0.717, 1.165) is 6.42 Å². The predicted octanol–water partition coefficient (Wildman–Crippen LogP) is 1.48. The zero-order valence-electron chi connectivity index (χ0n) is 9.27. The molecule has 0 saturated carbocycles. The molecule has 4 nitrogen and oxygen atoms in total. The molecule has 0 aliphatic heterocycles. The van der Waals surface area contributed by atoms with Gasteiger partial charge in [-0.2, -0.15) is 0 Å². The molecule has 1 aromatic rings. The van der Waals surface area contributed by atoms with E-state index in [1.54, 1.807) is 18.3 Å². The Morgan fingerprint density at radius 2 is 2.27 bits per heavy atom. The fraction of sp³-hybridized carbons (Fsp3) is 0.545. The van der Waals surface area contributed by atoms with Crippen LogP contribution >= 0.6 is 0 Å². The molecule has 1 unspecified atom stereocenters. The molecule has 4 N–H and O–H groups in total. The van der Waals surface area contributed by atoms with E-state index in [1.807, 2.05) is 0 Å². The molecule has 0 fully saturated rings. The highest BCUT2D eigenvalue weighted by molar-refractivity contribution is 5.60. The van der Waals surface area contributed by atoms with Crippen LogP contribution in [0.4, 0.5) is 11.5 Å². The fourth-order valence-electron chi connectivity index (χ4n) is 1.48. The summed E-state index contributed by atoms with van der Waals surface area (Å²) in [6.07, 6.45) is 2.58. The Kier molecular flexibility index (Phi) is 4.37. The maximum Gasteiger partial charge on any atom is 0.149 e. The lowest BCUT2D eigenvalue weighted by Crippen LogP contribution is -2.26. The lowest BCUT2D eigenvalue weighted by atomic mass is 10.0. The maximum atomic E-state index is 9.20.